The second-order valence-corrected chi connectivity index (χ2v) is 7.12. The average molecular weight is 400 g/mol. The van der Waals surface area contributed by atoms with Gasteiger partial charge in [-0.2, -0.15) is 5.10 Å². The highest BCUT2D eigenvalue weighted by atomic mass is 16.3. The van der Waals surface area contributed by atoms with Gasteiger partial charge in [-0.3, -0.25) is 4.79 Å². The number of aromatic nitrogens is 3. The van der Waals surface area contributed by atoms with Gasteiger partial charge in [-0.05, 0) is 37.6 Å². The van der Waals surface area contributed by atoms with Crippen LogP contribution in [0.4, 0.5) is 0 Å². The minimum Gasteiger partial charge on any atom is -0.444 e. The molecule has 0 atom stereocenters. The summed E-state index contributed by atoms with van der Waals surface area (Å²) in [5, 5.41) is 7.39. The molecule has 6 nitrogen and oxygen atoms in total. The third-order valence-electron chi connectivity index (χ3n) is 4.97. The summed E-state index contributed by atoms with van der Waals surface area (Å²) in [6.07, 6.45) is 4.58. The number of nitrogens with zero attached hydrogens (tertiary/aromatic N) is 3. The van der Waals surface area contributed by atoms with E-state index in [2.05, 4.69) is 15.4 Å². The molecule has 0 radical (unpaired) electrons. The molecule has 0 saturated carbocycles. The lowest BCUT2D eigenvalue weighted by molar-refractivity contribution is 0.0953. The minimum atomic E-state index is -0.128. The molecule has 152 valence electrons. The molecule has 2 aromatic carbocycles. The highest BCUT2D eigenvalue weighted by Crippen LogP contribution is 2.19. The number of nitrogens with one attached hydrogen (secondary N) is 1. The van der Waals surface area contributed by atoms with Crippen LogP contribution < -0.4 is 5.32 Å². The van der Waals surface area contributed by atoms with Crippen molar-refractivity contribution in [3.63, 3.8) is 0 Å². The highest BCUT2D eigenvalue weighted by Gasteiger charge is 2.17. The molecular formula is C24H24N4O2. The maximum absolute atomic E-state index is 12.7. The number of rotatable bonds is 7. The van der Waals surface area contributed by atoms with Crippen LogP contribution in [0.2, 0.25) is 0 Å². The molecule has 1 amide bonds. The Bertz CT molecular complexity index is 1130. The van der Waals surface area contributed by atoms with Gasteiger partial charge in [0.05, 0.1) is 28.8 Å². The van der Waals surface area contributed by atoms with Crippen molar-refractivity contribution in [2.24, 2.45) is 0 Å². The van der Waals surface area contributed by atoms with E-state index < -0.39 is 0 Å². The fourth-order valence-electron chi connectivity index (χ4n) is 3.35. The number of hydrogen-bond donors (Lipinski definition) is 1. The third-order valence-corrected chi connectivity index (χ3v) is 4.97. The Morgan fingerprint density at radius 2 is 1.87 bits per heavy atom. The monoisotopic (exact) mass is 400 g/mol. The Hall–Kier alpha value is -3.67. The molecule has 4 aromatic rings. The summed E-state index contributed by atoms with van der Waals surface area (Å²) < 4.78 is 7.40. The lowest BCUT2D eigenvalue weighted by Crippen LogP contribution is -2.26. The normalized spacial score (nSPS) is 10.9. The molecule has 0 aliphatic rings. The molecule has 2 aromatic heterocycles. The van der Waals surface area contributed by atoms with Gasteiger partial charge < -0.3 is 9.73 Å². The summed E-state index contributed by atoms with van der Waals surface area (Å²) in [7, 11) is 0. The Balaban J connectivity index is 1.39. The van der Waals surface area contributed by atoms with E-state index in [-0.39, 0.29) is 5.91 Å². The summed E-state index contributed by atoms with van der Waals surface area (Å²) in [6, 6.07) is 17.9. The molecule has 0 unspecified atom stereocenters. The van der Waals surface area contributed by atoms with Crippen LogP contribution in [0.25, 0.3) is 17.1 Å². The molecule has 0 spiro atoms. The predicted molar refractivity (Wildman–Crippen MR) is 116 cm³/mol. The molecule has 0 aliphatic carbocycles. The van der Waals surface area contributed by atoms with Gasteiger partial charge in [0.2, 0.25) is 5.89 Å². The van der Waals surface area contributed by atoms with Gasteiger partial charge in [0.15, 0.2) is 0 Å². The molecule has 0 aliphatic heterocycles. The van der Waals surface area contributed by atoms with Crippen LogP contribution >= 0.6 is 0 Å². The van der Waals surface area contributed by atoms with E-state index in [1.807, 2.05) is 73.1 Å². The van der Waals surface area contributed by atoms with Crippen molar-refractivity contribution in [3.05, 3.63) is 89.6 Å². The Morgan fingerprint density at radius 1 is 1.10 bits per heavy atom. The lowest BCUT2D eigenvalue weighted by Gasteiger charge is -2.08. The molecular weight excluding hydrogens is 376 g/mol. The van der Waals surface area contributed by atoms with Crippen molar-refractivity contribution in [1.82, 2.24) is 20.1 Å². The van der Waals surface area contributed by atoms with Crippen LogP contribution in [0, 0.1) is 6.92 Å². The molecule has 30 heavy (non-hydrogen) atoms. The van der Waals surface area contributed by atoms with Crippen molar-refractivity contribution in [2.75, 3.05) is 6.54 Å². The van der Waals surface area contributed by atoms with Crippen molar-refractivity contribution in [2.45, 2.75) is 26.7 Å². The first-order valence-corrected chi connectivity index (χ1v) is 10.1. The molecule has 0 fully saturated rings. The Morgan fingerprint density at radius 3 is 2.60 bits per heavy atom. The topological polar surface area (TPSA) is 73.0 Å². The fraction of sp³-hybridized carbons (Fsp3) is 0.208. The van der Waals surface area contributed by atoms with E-state index in [9.17, 15) is 4.79 Å². The second kappa shape index (κ2) is 8.78. The van der Waals surface area contributed by atoms with E-state index in [4.69, 9.17) is 4.42 Å². The second-order valence-electron chi connectivity index (χ2n) is 7.12. The van der Waals surface area contributed by atoms with Gasteiger partial charge in [0, 0.05) is 18.5 Å². The van der Waals surface area contributed by atoms with Crippen LogP contribution in [0.15, 0.2) is 71.5 Å². The van der Waals surface area contributed by atoms with Gasteiger partial charge in [-0.25, -0.2) is 9.67 Å². The SMILES string of the molecule is CCc1c(C(=O)NCCc2coc(-c3ccc(C)cc3)n2)cnn1-c1ccccc1. The first kappa shape index (κ1) is 19.6. The fourth-order valence-corrected chi connectivity index (χ4v) is 3.35. The molecule has 2 heterocycles. The molecule has 4 rings (SSSR count). The largest absolute Gasteiger partial charge is 0.444 e. The smallest absolute Gasteiger partial charge is 0.254 e. The zero-order valence-corrected chi connectivity index (χ0v) is 17.1. The van der Waals surface area contributed by atoms with E-state index in [1.165, 1.54) is 5.56 Å². The van der Waals surface area contributed by atoms with Crippen LogP contribution in [0.5, 0.6) is 0 Å². The van der Waals surface area contributed by atoms with E-state index in [1.54, 1.807) is 12.5 Å². The van der Waals surface area contributed by atoms with Crippen LogP contribution in [0.1, 0.15) is 34.2 Å². The number of carbonyl (C=O) groups excluding carboxylic acids is 1. The standard InChI is InChI=1S/C24H24N4O2/c1-3-22-21(15-26-28(22)20-7-5-4-6-8-20)23(29)25-14-13-19-16-30-24(27-19)18-11-9-17(2)10-12-18/h4-12,15-16H,3,13-14H2,1-2H3,(H,25,29). The van der Waals surface area contributed by atoms with Crippen LogP contribution in [-0.4, -0.2) is 27.2 Å². The first-order chi connectivity index (χ1) is 14.7. The van der Waals surface area contributed by atoms with Crippen molar-refractivity contribution in [1.29, 1.82) is 0 Å². The summed E-state index contributed by atoms with van der Waals surface area (Å²) in [5.74, 6) is 0.463. The zero-order valence-electron chi connectivity index (χ0n) is 17.1. The highest BCUT2D eigenvalue weighted by molar-refractivity contribution is 5.95. The van der Waals surface area contributed by atoms with E-state index in [0.717, 1.165) is 22.6 Å². The van der Waals surface area contributed by atoms with Gasteiger partial charge in [-0.15, -0.1) is 0 Å². The first-order valence-electron chi connectivity index (χ1n) is 10.1. The zero-order chi connectivity index (χ0) is 20.9. The third kappa shape index (κ3) is 4.17. The van der Waals surface area contributed by atoms with E-state index >= 15 is 0 Å². The number of benzene rings is 2. The summed E-state index contributed by atoms with van der Waals surface area (Å²) in [6.45, 7) is 4.54. The number of hydrogen-bond acceptors (Lipinski definition) is 4. The van der Waals surface area contributed by atoms with Crippen LogP contribution in [-0.2, 0) is 12.8 Å². The van der Waals surface area contributed by atoms with Gasteiger partial charge >= 0.3 is 0 Å². The van der Waals surface area contributed by atoms with Crippen molar-refractivity contribution >= 4 is 5.91 Å². The molecule has 1 N–H and O–H groups in total. The number of para-hydroxylation sites is 1. The average Bonchev–Trinajstić information content (AvgIpc) is 3.42. The summed E-state index contributed by atoms with van der Waals surface area (Å²) in [5.41, 5.74) is 5.37. The summed E-state index contributed by atoms with van der Waals surface area (Å²) >= 11 is 0. The number of aryl methyl sites for hydroxylation is 1. The van der Waals surface area contributed by atoms with Crippen molar-refractivity contribution in [3.8, 4) is 17.1 Å². The molecule has 0 bridgehead atoms. The van der Waals surface area contributed by atoms with E-state index in [0.29, 0.717) is 30.8 Å². The Kier molecular flexibility index (Phi) is 5.75. The number of oxazole rings is 1. The lowest BCUT2D eigenvalue weighted by atomic mass is 10.1. The van der Waals surface area contributed by atoms with Gasteiger partial charge in [-0.1, -0.05) is 42.8 Å². The van der Waals surface area contributed by atoms with Crippen LogP contribution in [0.3, 0.4) is 0 Å². The summed E-state index contributed by atoms with van der Waals surface area (Å²) in [4.78, 5) is 17.2. The maximum atomic E-state index is 12.7. The number of amides is 1. The molecule has 0 saturated heterocycles. The predicted octanol–water partition coefficient (Wildman–Crippen LogP) is 4.37. The quantitative estimate of drug-likeness (QED) is 0.500. The molecule has 6 heteroatoms. The number of carbonyl (C=O) groups is 1. The van der Waals surface area contributed by atoms with Gasteiger partial charge in [0.1, 0.15) is 6.26 Å². The van der Waals surface area contributed by atoms with Crippen molar-refractivity contribution < 1.29 is 9.21 Å². The maximum Gasteiger partial charge on any atom is 0.254 e. The minimum absolute atomic E-state index is 0.128. The van der Waals surface area contributed by atoms with Gasteiger partial charge in [0.25, 0.3) is 5.91 Å². The Labute approximate surface area is 175 Å².